The Hall–Kier alpha value is -0.740. The lowest BCUT2D eigenvalue weighted by molar-refractivity contribution is -0.702. The molecule has 148 valence electrons. The largest absolute Gasteiger partial charge is 0.618 e. The number of quaternary nitrogens is 1. The summed E-state index contributed by atoms with van der Waals surface area (Å²) in [6, 6.07) is 0. The molecule has 0 saturated heterocycles. The summed E-state index contributed by atoms with van der Waals surface area (Å²) in [5.74, 6) is -1.15. The summed E-state index contributed by atoms with van der Waals surface area (Å²) >= 11 is 0. The van der Waals surface area contributed by atoms with Gasteiger partial charge in [0.1, 0.15) is 0 Å². The molecule has 0 bridgehead atoms. The highest BCUT2D eigenvalue weighted by atomic mass is 16.6. The van der Waals surface area contributed by atoms with Gasteiger partial charge in [0.05, 0.1) is 20.4 Å². The van der Waals surface area contributed by atoms with Crippen LogP contribution in [0.15, 0.2) is 0 Å². The van der Waals surface area contributed by atoms with Crippen LogP contribution in [0.5, 0.6) is 0 Å². The third-order valence-corrected chi connectivity index (χ3v) is 5.07. The van der Waals surface area contributed by atoms with Crippen LogP contribution < -0.4 is 0 Å². The van der Waals surface area contributed by atoms with Crippen LogP contribution in [-0.2, 0) is 9.59 Å². The van der Waals surface area contributed by atoms with Gasteiger partial charge in [-0.3, -0.25) is 0 Å². The van der Waals surface area contributed by atoms with Crippen molar-refractivity contribution in [2.45, 2.75) is 117 Å². The van der Waals surface area contributed by atoms with Crippen LogP contribution in [0.4, 0.5) is 0 Å². The molecule has 0 N–H and O–H groups in total. The van der Waals surface area contributed by atoms with Crippen molar-refractivity contribution in [3.05, 3.63) is 5.21 Å². The van der Waals surface area contributed by atoms with Gasteiger partial charge in [0.15, 0.2) is 0 Å². The van der Waals surface area contributed by atoms with E-state index in [-0.39, 0.29) is 6.42 Å². The highest BCUT2D eigenvalue weighted by molar-refractivity contribution is 5.83. The van der Waals surface area contributed by atoms with Crippen molar-refractivity contribution in [2.24, 2.45) is 0 Å². The maximum atomic E-state index is 11.7. The Morgan fingerprint density at radius 3 is 1.32 bits per heavy atom. The molecule has 2 amide bonds. The van der Waals surface area contributed by atoms with Crippen molar-refractivity contribution in [1.29, 1.82) is 0 Å². The van der Waals surface area contributed by atoms with Gasteiger partial charge in [0.2, 0.25) is 0 Å². The van der Waals surface area contributed by atoms with E-state index in [1.165, 1.54) is 84.0 Å². The summed E-state index contributed by atoms with van der Waals surface area (Å²) in [5, 5.41) is 11.7. The second-order valence-corrected chi connectivity index (χ2v) is 7.54. The minimum Gasteiger partial charge on any atom is -0.618 e. The Kier molecular flexibility index (Phi) is 15.1. The first kappa shape index (κ1) is 24.3. The van der Waals surface area contributed by atoms with Crippen LogP contribution in [0, 0.1) is 5.21 Å². The summed E-state index contributed by atoms with van der Waals surface area (Å²) in [4.78, 5) is 22.8. The summed E-state index contributed by atoms with van der Waals surface area (Å²) in [6.07, 6.45) is 19.3. The zero-order valence-electron chi connectivity index (χ0n) is 17.0. The molecule has 0 aliphatic rings. The van der Waals surface area contributed by atoms with E-state index in [1.54, 1.807) is 0 Å². The molecule has 4 heteroatoms. The highest BCUT2D eigenvalue weighted by Gasteiger charge is 2.26. The summed E-state index contributed by atoms with van der Waals surface area (Å²) in [7, 11) is 1.13. The molecule has 0 radical (unpaired) electrons. The zero-order chi connectivity index (χ0) is 19.0. The number of nitrogens with zero attached hydrogens (tertiary/aromatic N) is 1. The van der Waals surface area contributed by atoms with Crippen molar-refractivity contribution in [2.75, 3.05) is 7.05 Å². The average Bonchev–Trinajstić information content (AvgIpc) is 2.57. The number of hydrogen-bond donors (Lipinski definition) is 0. The first-order chi connectivity index (χ1) is 11.9. The quantitative estimate of drug-likeness (QED) is 0.186. The second-order valence-electron chi connectivity index (χ2n) is 7.54. The van der Waals surface area contributed by atoms with E-state index in [0.717, 1.165) is 26.3 Å². The lowest BCUT2D eigenvalue weighted by Crippen LogP contribution is -2.47. The molecule has 0 spiro atoms. The number of carbonyl (C=O) groups is 2. The molecule has 0 heterocycles. The van der Waals surface area contributed by atoms with Crippen LogP contribution in [0.3, 0.4) is 0 Å². The first-order valence-corrected chi connectivity index (χ1v) is 10.5. The fraction of sp³-hybridized carbons (Fsp3) is 0.905. The fourth-order valence-electron chi connectivity index (χ4n) is 3.04. The van der Waals surface area contributed by atoms with E-state index in [1.807, 2.05) is 0 Å². The van der Waals surface area contributed by atoms with E-state index in [9.17, 15) is 14.8 Å². The van der Waals surface area contributed by atoms with Crippen molar-refractivity contribution >= 4 is 11.8 Å². The van der Waals surface area contributed by atoms with Gasteiger partial charge >= 0.3 is 11.8 Å². The molecule has 0 saturated carbocycles. The molecule has 0 aliphatic heterocycles. The lowest BCUT2D eigenvalue weighted by atomic mass is 10.0. The Balaban J connectivity index is 3.29. The first-order valence-electron chi connectivity index (χ1n) is 10.5. The molecule has 0 aromatic heterocycles. The van der Waals surface area contributed by atoms with Gasteiger partial charge in [-0.2, -0.15) is 0 Å². The molecule has 0 aliphatic carbocycles. The molecular formula is C21H41NO3. The fourth-order valence-corrected chi connectivity index (χ4v) is 3.04. The summed E-state index contributed by atoms with van der Waals surface area (Å²) in [5.41, 5.74) is 0. The molecule has 4 nitrogen and oxygen atoms in total. The predicted octanol–water partition coefficient (Wildman–Crippen LogP) is 6.27. The lowest BCUT2D eigenvalue weighted by Gasteiger charge is -2.31. The summed E-state index contributed by atoms with van der Waals surface area (Å²) < 4.78 is -1.36. The third-order valence-electron chi connectivity index (χ3n) is 5.07. The van der Waals surface area contributed by atoms with Gasteiger partial charge in [-0.15, -0.1) is 0 Å². The molecule has 0 aromatic carbocycles. The zero-order valence-corrected chi connectivity index (χ0v) is 17.0. The Morgan fingerprint density at radius 2 is 1.00 bits per heavy atom. The Morgan fingerprint density at radius 1 is 0.680 bits per heavy atom. The van der Waals surface area contributed by atoms with E-state index in [0.29, 0.717) is 0 Å². The van der Waals surface area contributed by atoms with Crippen molar-refractivity contribution in [3.63, 3.8) is 0 Å². The number of hydrogen-bond acceptors (Lipinski definition) is 3. The highest BCUT2D eigenvalue weighted by Crippen LogP contribution is 2.14. The number of amides is 2. The van der Waals surface area contributed by atoms with E-state index in [2.05, 4.69) is 6.92 Å². The van der Waals surface area contributed by atoms with Crippen molar-refractivity contribution < 1.29 is 14.2 Å². The molecule has 0 rings (SSSR count). The minimum atomic E-state index is -1.36. The van der Waals surface area contributed by atoms with Gasteiger partial charge in [0, 0.05) is 0 Å². The van der Waals surface area contributed by atoms with Crippen molar-refractivity contribution in [1.82, 2.24) is 0 Å². The Labute approximate surface area is 155 Å². The normalized spacial score (nSPS) is 13.6. The van der Waals surface area contributed by atoms with Crippen LogP contribution in [-0.4, -0.2) is 23.5 Å². The third kappa shape index (κ3) is 13.2. The summed E-state index contributed by atoms with van der Waals surface area (Å²) in [6.45, 7) is 3.44. The van der Waals surface area contributed by atoms with E-state index < -0.39 is 16.5 Å². The number of carbonyl (C=O) groups excluding carboxylic acids is 2. The number of imide groups is 1. The van der Waals surface area contributed by atoms with E-state index >= 15 is 0 Å². The monoisotopic (exact) mass is 355 g/mol. The maximum Gasteiger partial charge on any atom is 0.320 e. The van der Waals surface area contributed by atoms with Gasteiger partial charge in [-0.1, -0.05) is 96.8 Å². The van der Waals surface area contributed by atoms with Gasteiger partial charge in [-0.05, 0) is 6.42 Å². The van der Waals surface area contributed by atoms with Gasteiger partial charge < -0.3 is 5.21 Å². The minimum absolute atomic E-state index is 0.220. The number of unbranched alkanes of at least 4 members (excludes halogenated alkanes) is 14. The Bertz CT molecular complexity index is 353. The average molecular weight is 356 g/mol. The molecular weight excluding hydrogens is 314 g/mol. The van der Waals surface area contributed by atoms with Gasteiger partial charge in [-0.25, -0.2) is 14.2 Å². The number of hydroxylamine groups is 3. The maximum absolute atomic E-state index is 11.7. The van der Waals surface area contributed by atoms with Crippen molar-refractivity contribution in [3.8, 4) is 0 Å². The standard InChI is InChI=1S/C21H41NO3/c1-4-5-6-7-8-9-10-11-12-13-14-15-16-17-18-19-21(24)22(3,25)20(2)23/h4-19H2,1-3H3. The smallest absolute Gasteiger partial charge is 0.320 e. The van der Waals surface area contributed by atoms with E-state index in [4.69, 9.17) is 0 Å². The topological polar surface area (TPSA) is 57.2 Å². The second kappa shape index (κ2) is 15.5. The molecule has 1 atom stereocenters. The van der Waals surface area contributed by atoms with Crippen LogP contribution in [0.2, 0.25) is 0 Å². The molecule has 0 fully saturated rings. The van der Waals surface area contributed by atoms with Crippen LogP contribution in [0.25, 0.3) is 0 Å². The number of rotatable bonds is 16. The molecule has 1 unspecified atom stereocenters. The SMILES string of the molecule is CCCCCCCCCCCCCCCCCC(=O)[N+](C)([O-])C(C)=O. The van der Waals surface area contributed by atoms with Crippen LogP contribution in [0.1, 0.15) is 117 Å². The van der Waals surface area contributed by atoms with Gasteiger partial charge in [0.25, 0.3) is 0 Å². The molecule has 0 aromatic rings. The molecule has 25 heavy (non-hydrogen) atoms. The predicted molar refractivity (Wildman–Crippen MR) is 105 cm³/mol. The van der Waals surface area contributed by atoms with Crippen LogP contribution >= 0.6 is 0 Å².